The molecule has 0 heterocycles. The molecule has 2 aromatic carbocycles. The van der Waals surface area contributed by atoms with E-state index in [2.05, 4.69) is 4.72 Å². The standard InChI is InChI=1S/C13H9FN2O2S/c14-11-3-5-12(6-4-11)16-19(17,18)13-7-1-10(9-15)2-8-13/h1-8,16H. The van der Waals surface area contributed by atoms with Crippen LogP contribution in [0.5, 0.6) is 0 Å². The predicted octanol–water partition coefficient (Wildman–Crippen LogP) is 2.50. The molecule has 2 aromatic rings. The van der Waals surface area contributed by atoms with Gasteiger partial charge in [0, 0.05) is 5.69 Å². The van der Waals surface area contributed by atoms with Crippen LogP contribution in [0.4, 0.5) is 10.1 Å². The van der Waals surface area contributed by atoms with Crippen LogP contribution in [0.2, 0.25) is 0 Å². The maximum absolute atomic E-state index is 12.7. The third kappa shape index (κ3) is 3.09. The molecular formula is C13H9FN2O2S. The molecule has 0 aliphatic carbocycles. The second-order valence-electron chi connectivity index (χ2n) is 3.75. The Bertz CT molecular complexity index is 717. The van der Waals surface area contributed by atoms with Gasteiger partial charge >= 0.3 is 0 Å². The van der Waals surface area contributed by atoms with E-state index in [1.54, 1.807) is 0 Å². The number of nitriles is 1. The van der Waals surface area contributed by atoms with E-state index in [4.69, 9.17) is 5.26 Å². The molecule has 0 fully saturated rings. The molecule has 96 valence electrons. The maximum Gasteiger partial charge on any atom is 0.261 e. The van der Waals surface area contributed by atoms with Crippen LogP contribution in [0, 0.1) is 17.1 Å². The van der Waals surface area contributed by atoms with E-state index in [1.807, 2.05) is 6.07 Å². The fourth-order valence-corrected chi connectivity index (χ4v) is 2.50. The third-order valence-electron chi connectivity index (χ3n) is 2.39. The molecule has 0 saturated heterocycles. The molecule has 0 atom stereocenters. The Morgan fingerprint density at radius 2 is 1.58 bits per heavy atom. The lowest BCUT2D eigenvalue weighted by atomic mass is 10.2. The summed E-state index contributed by atoms with van der Waals surface area (Å²) in [4.78, 5) is 0.0378. The summed E-state index contributed by atoms with van der Waals surface area (Å²) < 4.78 is 39.0. The fourth-order valence-electron chi connectivity index (χ4n) is 1.44. The Balaban J connectivity index is 2.27. The SMILES string of the molecule is N#Cc1ccc(S(=O)(=O)Nc2ccc(F)cc2)cc1. The zero-order chi connectivity index (χ0) is 13.9. The van der Waals surface area contributed by atoms with Gasteiger partial charge in [-0.3, -0.25) is 4.72 Å². The lowest BCUT2D eigenvalue weighted by molar-refractivity contribution is 0.601. The number of nitrogens with one attached hydrogen (secondary N) is 1. The van der Waals surface area contributed by atoms with Crippen LogP contribution in [-0.4, -0.2) is 8.42 Å². The first kappa shape index (κ1) is 13.1. The summed E-state index contributed by atoms with van der Waals surface area (Å²) in [6, 6.07) is 12.4. The largest absolute Gasteiger partial charge is 0.280 e. The van der Waals surface area contributed by atoms with E-state index in [-0.39, 0.29) is 10.6 Å². The highest BCUT2D eigenvalue weighted by molar-refractivity contribution is 7.92. The van der Waals surface area contributed by atoms with Gasteiger partial charge in [-0.1, -0.05) is 0 Å². The predicted molar refractivity (Wildman–Crippen MR) is 68.4 cm³/mol. The van der Waals surface area contributed by atoms with Crippen molar-refractivity contribution in [1.29, 1.82) is 5.26 Å². The van der Waals surface area contributed by atoms with E-state index < -0.39 is 15.8 Å². The first-order chi connectivity index (χ1) is 9.01. The smallest absolute Gasteiger partial charge is 0.261 e. The molecule has 0 aromatic heterocycles. The number of hydrogen-bond acceptors (Lipinski definition) is 3. The van der Waals surface area contributed by atoms with Gasteiger partial charge < -0.3 is 0 Å². The highest BCUT2D eigenvalue weighted by Gasteiger charge is 2.13. The van der Waals surface area contributed by atoms with E-state index in [0.29, 0.717) is 5.56 Å². The van der Waals surface area contributed by atoms with Crippen molar-refractivity contribution in [2.75, 3.05) is 4.72 Å². The lowest BCUT2D eigenvalue weighted by Gasteiger charge is -2.07. The first-order valence-corrected chi connectivity index (χ1v) is 6.78. The number of rotatable bonds is 3. The van der Waals surface area contributed by atoms with Crippen LogP contribution >= 0.6 is 0 Å². The summed E-state index contributed by atoms with van der Waals surface area (Å²) in [5, 5.41) is 8.64. The van der Waals surface area contributed by atoms with Crippen LogP contribution in [0.1, 0.15) is 5.56 Å². The van der Waals surface area contributed by atoms with Crippen molar-refractivity contribution in [2.24, 2.45) is 0 Å². The zero-order valence-electron chi connectivity index (χ0n) is 9.67. The van der Waals surface area contributed by atoms with E-state index in [9.17, 15) is 12.8 Å². The summed E-state index contributed by atoms with van der Waals surface area (Å²) in [6.07, 6.45) is 0. The van der Waals surface area contributed by atoms with Gasteiger partial charge in [0.15, 0.2) is 0 Å². The number of sulfonamides is 1. The van der Waals surface area contributed by atoms with Gasteiger partial charge in [0.05, 0.1) is 16.5 Å². The second-order valence-corrected chi connectivity index (χ2v) is 5.43. The molecule has 0 saturated carbocycles. The molecule has 0 spiro atoms. The Labute approximate surface area is 110 Å². The summed E-state index contributed by atoms with van der Waals surface area (Å²) in [6.45, 7) is 0. The molecular weight excluding hydrogens is 267 g/mol. The van der Waals surface area contributed by atoms with Crippen LogP contribution in [0.25, 0.3) is 0 Å². The molecule has 0 unspecified atom stereocenters. The molecule has 0 amide bonds. The molecule has 19 heavy (non-hydrogen) atoms. The second kappa shape index (κ2) is 5.08. The summed E-state index contributed by atoms with van der Waals surface area (Å²) in [7, 11) is -3.73. The summed E-state index contributed by atoms with van der Waals surface area (Å²) in [5.74, 6) is -0.443. The quantitative estimate of drug-likeness (QED) is 0.936. The molecule has 0 bridgehead atoms. The van der Waals surface area contributed by atoms with Gasteiger partial charge in [0.1, 0.15) is 5.82 Å². The zero-order valence-corrected chi connectivity index (χ0v) is 10.5. The summed E-state index contributed by atoms with van der Waals surface area (Å²) >= 11 is 0. The van der Waals surface area contributed by atoms with Gasteiger partial charge in [-0.25, -0.2) is 12.8 Å². The Morgan fingerprint density at radius 1 is 1.00 bits per heavy atom. The Hall–Kier alpha value is -2.39. The number of benzene rings is 2. The van der Waals surface area contributed by atoms with Gasteiger partial charge in [-0.2, -0.15) is 5.26 Å². The number of hydrogen-bond donors (Lipinski definition) is 1. The number of halogens is 1. The molecule has 0 aliphatic rings. The van der Waals surface area contributed by atoms with E-state index in [1.165, 1.54) is 36.4 Å². The van der Waals surface area contributed by atoms with Crippen LogP contribution in [-0.2, 0) is 10.0 Å². The van der Waals surface area contributed by atoms with Gasteiger partial charge in [0.2, 0.25) is 0 Å². The highest BCUT2D eigenvalue weighted by atomic mass is 32.2. The molecule has 2 rings (SSSR count). The van der Waals surface area contributed by atoms with Crippen molar-refractivity contribution >= 4 is 15.7 Å². The lowest BCUT2D eigenvalue weighted by Crippen LogP contribution is -2.12. The molecule has 6 heteroatoms. The number of nitrogens with zero attached hydrogens (tertiary/aromatic N) is 1. The average molecular weight is 276 g/mol. The van der Waals surface area contributed by atoms with E-state index >= 15 is 0 Å². The highest BCUT2D eigenvalue weighted by Crippen LogP contribution is 2.16. The summed E-state index contributed by atoms with van der Waals surface area (Å²) in [5.41, 5.74) is 0.645. The van der Waals surface area contributed by atoms with Gasteiger partial charge in [-0.15, -0.1) is 0 Å². The number of anilines is 1. The van der Waals surface area contributed by atoms with Crippen molar-refractivity contribution in [3.8, 4) is 6.07 Å². The molecule has 0 radical (unpaired) electrons. The van der Waals surface area contributed by atoms with Crippen molar-refractivity contribution in [1.82, 2.24) is 0 Å². The average Bonchev–Trinajstić information content (AvgIpc) is 2.41. The normalized spacial score (nSPS) is 10.7. The van der Waals surface area contributed by atoms with Crippen molar-refractivity contribution in [3.63, 3.8) is 0 Å². The van der Waals surface area contributed by atoms with Crippen molar-refractivity contribution in [3.05, 3.63) is 59.9 Å². The molecule has 4 nitrogen and oxygen atoms in total. The Kier molecular flexibility index (Phi) is 3.49. The van der Waals surface area contributed by atoms with E-state index in [0.717, 1.165) is 12.1 Å². The minimum absolute atomic E-state index is 0.0378. The van der Waals surface area contributed by atoms with Crippen molar-refractivity contribution in [2.45, 2.75) is 4.90 Å². The van der Waals surface area contributed by atoms with Gasteiger partial charge in [0.25, 0.3) is 10.0 Å². The molecule has 1 N–H and O–H groups in total. The van der Waals surface area contributed by atoms with Gasteiger partial charge in [-0.05, 0) is 48.5 Å². The van der Waals surface area contributed by atoms with Crippen molar-refractivity contribution < 1.29 is 12.8 Å². The molecule has 0 aliphatic heterocycles. The monoisotopic (exact) mass is 276 g/mol. The minimum Gasteiger partial charge on any atom is -0.280 e. The van der Waals surface area contributed by atoms with Crippen LogP contribution in [0.3, 0.4) is 0 Å². The Morgan fingerprint density at radius 3 is 2.11 bits per heavy atom. The van der Waals surface area contributed by atoms with Crippen LogP contribution < -0.4 is 4.72 Å². The maximum atomic E-state index is 12.7. The first-order valence-electron chi connectivity index (χ1n) is 5.30. The minimum atomic E-state index is -3.73. The van der Waals surface area contributed by atoms with Crippen LogP contribution in [0.15, 0.2) is 53.4 Å². The fraction of sp³-hybridized carbons (Fsp3) is 0. The topological polar surface area (TPSA) is 70.0 Å². The third-order valence-corrected chi connectivity index (χ3v) is 3.79.